The third kappa shape index (κ3) is 2.57. The van der Waals surface area contributed by atoms with Crippen LogP contribution in [-0.2, 0) is 0 Å². The molecule has 2 unspecified atom stereocenters. The van der Waals surface area contributed by atoms with Gasteiger partial charge in [-0.2, -0.15) is 0 Å². The van der Waals surface area contributed by atoms with Crippen molar-refractivity contribution in [1.29, 1.82) is 0 Å². The molecule has 1 N–H and O–H groups in total. The van der Waals surface area contributed by atoms with E-state index in [-0.39, 0.29) is 12.1 Å². The van der Waals surface area contributed by atoms with E-state index in [1.807, 2.05) is 31.3 Å². The maximum atomic E-state index is 6.09. The van der Waals surface area contributed by atoms with Crippen LogP contribution in [0.4, 0.5) is 0 Å². The maximum Gasteiger partial charge on any atom is 0.161 e. The molecule has 0 saturated carbocycles. The summed E-state index contributed by atoms with van der Waals surface area (Å²) in [4.78, 5) is 1.25. The van der Waals surface area contributed by atoms with E-state index >= 15 is 0 Å². The lowest BCUT2D eigenvalue weighted by Gasteiger charge is -2.31. The second-order valence-corrected chi connectivity index (χ2v) is 7.19. The highest BCUT2D eigenvalue weighted by molar-refractivity contribution is 9.11. The molecule has 0 fully saturated rings. The Kier molecular flexibility index (Phi) is 4.01. The van der Waals surface area contributed by atoms with E-state index in [2.05, 4.69) is 34.2 Å². The number of nitrogens with one attached hydrogen (secondary N) is 1. The number of thiophene rings is 1. The molecule has 3 nitrogen and oxygen atoms in total. The lowest BCUT2D eigenvalue weighted by Crippen LogP contribution is -2.40. The Morgan fingerprint density at radius 3 is 2.75 bits per heavy atom. The van der Waals surface area contributed by atoms with Gasteiger partial charge in [0.2, 0.25) is 0 Å². The van der Waals surface area contributed by atoms with Crippen LogP contribution in [0.25, 0.3) is 0 Å². The molecular formula is C15H16BrNO2S. The van der Waals surface area contributed by atoms with Gasteiger partial charge in [0.1, 0.15) is 6.61 Å². The van der Waals surface area contributed by atoms with Gasteiger partial charge in [-0.25, -0.2) is 0 Å². The number of fused-ring (bicyclic) bond motifs is 1. The number of hydrogen-bond acceptors (Lipinski definition) is 4. The average molecular weight is 354 g/mol. The van der Waals surface area contributed by atoms with Crippen LogP contribution in [0.1, 0.15) is 16.5 Å². The van der Waals surface area contributed by atoms with E-state index in [1.165, 1.54) is 14.2 Å². The monoisotopic (exact) mass is 353 g/mol. The molecule has 1 aliphatic rings. The van der Waals surface area contributed by atoms with Crippen LogP contribution in [0.15, 0.2) is 34.1 Å². The van der Waals surface area contributed by atoms with E-state index < -0.39 is 0 Å². The Morgan fingerprint density at radius 1 is 1.35 bits per heavy atom. The minimum Gasteiger partial charge on any atom is -0.486 e. The summed E-state index contributed by atoms with van der Waals surface area (Å²) in [5.41, 5.74) is 1.25. The number of halogens is 1. The first-order valence-corrected chi connectivity index (χ1v) is 8.11. The highest BCUT2D eigenvalue weighted by atomic mass is 79.9. The summed E-state index contributed by atoms with van der Waals surface area (Å²) in [6.07, 6.45) is -0.0279. The van der Waals surface area contributed by atoms with Crippen molar-refractivity contribution in [3.8, 4) is 11.5 Å². The number of para-hydroxylation sites is 2. The van der Waals surface area contributed by atoms with Gasteiger partial charge in [0.25, 0.3) is 0 Å². The SMILES string of the molecule is CNC(c1cc(C)c(Br)s1)C1COc2ccccc2O1. The van der Waals surface area contributed by atoms with Gasteiger partial charge in [-0.1, -0.05) is 12.1 Å². The Bertz CT molecular complexity index is 594. The molecular weight excluding hydrogens is 338 g/mol. The average Bonchev–Trinajstić information content (AvgIpc) is 2.79. The zero-order chi connectivity index (χ0) is 14.1. The first-order valence-electron chi connectivity index (χ1n) is 6.50. The number of ether oxygens (including phenoxy) is 2. The Morgan fingerprint density at radius 2 is 2.10 bits per heavy atom. The zero-order valence-corrected chi connectivity index (χ0v) is 13.8. The second kappa shape index (κ2) is 5.76. The standard InChI is InChI=1S/C15H16BrNO2S/c1-9-7-13(20-15(9)16)14(17-2)12-8-18-10-5-3-4-6-11(10)19-12/h3-7,12,14,17H,8H2,1-2H3. The first kappa shape index (κ1) is 13.9. The molecule has 0 radical (unpaired) electrons. The van der Waals surface area contributed by atoms with Gasteiger partial charge in [0.05, 0.1) is 9.83 Å². The van der Waals surface area contributed by atoms with Crippen LogP contribution in [0.3, 0.4) is 0 Å². The van der Waals surface area contributed by atoms with Crippen molar-refractivity contribution < 1.29 is 9.47 Å². The van der Waals surface area contributed by atoms with E-state index in [1.54, 1.807) is 11.3 Å². The molecule has 0 spiro atoms. The highest BCUT2D eigenvalue weighted by Crippen LogP contribution is 2.37. The van der Waals surface area contributed by atoms with Crippen molar-refractivity contribution in [1.82, 2.24) is 5.32 Å². The van der Waals surface area contributed by atoms with Crippen LogP contribution in [0.5, 0.6) is 11.5 Å². The number of hydrogen-bond donors (Lipinski definition) is 1. The summed E-state index contributed by atoms with van der Waals surface area (Å²) in [6, 6.07) is 10.1. The van der Waals surface area contributed by atoms with Crippen molar-refractivity contribution in [2.45, 2.75) is 19.1 Å². The van der Waals surface area contributed by atoms with Crippen LogP contribution in [0, 0.1) is 6.92 Å². The van der Waals surface area contributed by atoms with E-state index in [4.69, 9.17) is 9.47 Å². The minimum absolute atomic E-state index is 0.0279. The van der Waals surface area contributed by atoms with Gasteiger partial charge in [0.15, 0.2) is 17.6 Å². The molecule has 0 amide bonds. The second-order valence-electron chi connectivity index (χ2n) is 4.79. The fourth-order valence-corrected chi connectivity index (χ4v) is 4.08. The summed E-state index contributed by atoms with van der Waals surface area (Å²) < 4.78 is 13.1. The summed E-state index contributed by atoms with van der Waals surface area (Å²) >= 11 is 5.32. The summed E-state index contributed by atoms with van der Waals surface area (Å²) in [6.45, 7) is 2.65. The quantitative estimate of drug-likeness (QED) is 0.906. The van der Waals surface area contributed by atoms with Crippen molar-refractivity contribution in [2.24, 2.45) is 0 Å². The molecule has 106 valence electrons. The minimum atomic E-state index is -0.0279. The zero-order valence-electron chi connectivity index (χ0n) is 11.4. The predicted molar refractivity (Wildman–Crippen MR) is 84.9 cm³/mol. The van der Waals surface area contributed by atoms with Crippen molar-refractivity contribution in [2.75, 3.05) is 13.7 Å². The number of likely N-dealkylation sites (N-methyl/N-ethyl adjacent to an activating group) is 1. The first-order chi connectivity index (χ1) is 9.69. The molecule has 2 aromatic rings. The number of aryl methyl sites for hydroxylation is 1. The van der Waals surface area contributed by atoms with E-state index in [0.717, 1.165) is 11.5 Å². The van der Waals surface area contributed by atoms with E-state index in [0.29, 0.717) is 6.61 Å². The lowest BCUT2D eigenvalue weighted by molar-refractivity contribution is 0.0647. The van der Waals surface area contributed by atoms with Gasteiger partial charge in [0, 0.05) is 4.88 Å². The smallest absolute Gasteiger partial charge is 0.161 e. The van der Waals surface area contributed by atoms with Gasteiger partial charge in [-0.15, -0.1) is 11.3 Å². The van der Waals surface area contributed by atoms with Crippen molar-refractivity contribution >= 4 is 27.3 Å². The summed E-state index contributed by atoms with van der Waals surface area (Å²) in [5, 5.41) is 3.34. The van der Waals surface area contributed by atoms with Crippen molar-refractivity contribution in [3.63, 3.8) is 0 Å². The van der Waals surface area contributed by atoms with Gasteiger partial charge >= 0.3 is 0 Å². The molecule has 0 saturated heterocycles. The maximum absolute atomic E-state index is 6.09. The molecule has 20 heavy (non-hydrogen) atoms. The molecule has 2 heterocycles. The molecule has 0 aliphatic carbocycles. The van der Waals surface area contributed by atoms with Crippen LogP contribution >= 0.6 is 27.3 Å². The van der Waals surface area contributed by atoms with Crippen LogP contribution in [-0.4, -0.2) is 19.8 Å². The number of rotatable bonds is 3. The van der Waals surface area contributed by atoms with E-state index in [9.17, 15) is 0 Å². The normalized spacial score (nSPS) is 18.9. The van der Waals surface area contributed by atoms with Gasteiger partial charge in [-0.05, 0) is 53.7 Å². The largest absolute Gasteiger partial charge is 0.486 e. The van der Waals surface area contributed by atoms with Gasteiger partial charge in [-0.3, -0.25) is 0 Å². The molecule has 3 rings (SSSR count). The molecule has 1 aromatic carbocycles. The predicted octanol–water partition coefficient (Wildman–Crippen LogP) is 3.92. The molecule has 1 aromatic heterocycles. The third-order valence-corrected chi connectivity index (χ3v) is 5.62. The fraction of sp³-hybridized carbons (Fsp3) is 0.333. The van der Waals surface area contributed by atoms with Crippen LogP contribution in [0.2, 0.25) is 0 Å². The molecule has 0 bridgehead atoms. The summed E-state index contributed by atoms with van der Waals surface area (Å²) in [5.74, 6) is 1.64. The van der Waals surface area contributed by atoms with Crippen molar-refractivity contribution in [3.05, 3.63) is 44.6 Å². The fourth-order valence-electron chi connectivity index (χ4n) is 2.35. The van der Waals surface area contributed by atoms with Crippen LogP contribution < -0.4 is 14.8 Å². The Labute approximate surface area is 131 Å². The molecule has 1 aliphatic heterocycles. The Hall–Kier alpha value is -1.04. The molecule has 5 heteroatoms. The number of benzene rings is 1. The third-order valence-electron chi connectivity index (χ3n) is 3.40. The topological polar surface area (TPSA) is 30.5 Å². The van der Waals surface area contributed by atoms with Gasteiger partial charge < -0.3 is 14.8 Å². The summed E-state index contributed by atoms with van der Waals surface area (Å²) in [7, 11) is 1.96. The molecule has 2 atom stereocenters. The highest BCUT2D eigenvalue weighted by Gasteiger charge is 2.30. The lowest BCUT2D eigenvalue weighted by atomic mass is 10.1. The Balaban J connectivity index is 1.85.